The molecule has 0 bridgehead atoms. The van der Waals surface area contributed by atoms with E-state index in [1.165, 1.54) is 6.07 Å². The Bertz CT molecular complexity index is 666. The first kappa shape index (κ1) is 14.8. The largest absolute Gasteiger partial charge is 0.476 e. The summed E-state index contributed by atoms with van der Waals surface area (Å²) in [6.07, 6.45) is 0. The predicted octanol–water partition coefficient (Wildman–Crippen LogP) is 4.56. The summed E-state index contributed by atoms with van der Waals surface area (Å²) in [6.45, 7) is 3.97. The van der Waals surface area contributed by atoms with Crippen LogP contribution in [0.2, 0.25) is 5.02 Å². The number of halogens is 2. The highest BCUT2D eigenvalue weighted by Gasteiger charge is 2.12. The molecule has 0 radical (unpaired) electrons. The molecule has 1 aromatic heterocycles. The van der Waals surface area contributed by atoms with Gasteiger partial charge in [0.15, 0.2) is 5.69 Å². The third kappa shape index (κ3) is 3.11. The molecule has 0 saturated heterocycles. The molecule has 4 nitrogen and oxygen atoms in total. The zero-order valence-corrected chi connectivity index (χ0v) is 13.2. The molecule has 0 saturated carbocycles. The Hall–Kier alpha value is -1.59. The highest BCUT2D eigenvalue weighted by molar-refractivity contribution is 9.10. The molecule has 2 rings (SSSR count). The molecule has 2 aromatic rings. The lowest BCUT2D eigenvalue weighted by molar-refractivity contribution is 0.0691. The van der Waals surface area contributed by atoms with E-state index in [0.29, 0.717) is 5.82 Å². The molecule has 0 amide bonds. The van der Waals surface area contributed by atoms with Crippen molar-refractivity contribution < 1.29 is 9.90 Å². The third-order valence-corrected chi connectivity index (χ3v) is 4.31. The molecule has 0 aliphatic carbocycles. The van der Waals surface area contributed by atoms with Crippen molar-refractivity contribution in [1.82, 2.24) is 4.98 Å². The van der Waals surface area contributed by atoms with Gasteiger partial charge >= 0.3 is 5.97 Å². The number of hydrogen-bond donors (Lipinski definition) is 2. The van der Waals surface area contributed by atoms with Crippen molar-refractivity contribution in [3.05, 3.63) is 50.6 Å². The number of carbonyl (C=O) groups is 1. The second-order valence-corrected chi connectivity index (χ2v) is 5.58. The standard InChI is InChI=1S/C14H12BrClN2O2/c1-7-5-9(6-8(2)12(7)15)17-11-4-3-10(16)13(18-11)14(19)20/h3-6H,1-2H3,(H,17,18)(H,19,20). The van der Waals surface area contributed by atoms with Crippen molar-refractivity contribution in [1.29, 1.82) is 0 Å². The molecule has 20 heavy (non-hydrogen) atoms. The molecular weight excluding hydrogens is 344 g/mol. The average Bonchev–Trinajstić information content (AvgIpc) is 2.38. The lowest BCUT2D eigenvalue weighted by atomic mass is 10.1. The minimum atomic E-state index is -1.15. The van der Waals surface area contributed by atoms with Crippen LogP contribution in [0.1, 0.15) is 21.6 Å². The summed E-state index contributed by atoms with van der Waals surface area (Å²) in [5, 5.41) is 12.2. The Morgan fingerprint density at radius 1 is 1.30 bits per heavy atom. The van der Waals surface area contributed by atoms with Crippen LogP contribution in [0.4, 0.5) is 11.5 Å². The first-order valence-electron chi connectivity index (χ1n) is 5.82. The zero-order valence-electron chi connectivity index (χ0n) is 10.9. The van der Waals surface area contributed by atoms with E-state index in [1.54, 1.807) is 6.07 Å². The smallest absolute Gasteiger partial charge is 0.356 e. The fourth-order valence-corrected chi connectivity index (χ4v) is 2.24. The predicted molar refractivity (Wildman–Crippen MR) is 83.1 cm³/mol. The molecule has 0 spiro atoms. The number of aryl methyl sites for hydroxylation is 2. The molecule has 1 aromatic carbocycles. The highest BCUT2D eigenvalue weighted by Crippen LogP contribution is 2.27. The summed E-state index contributed by atoms with van der Waals surface area (Å²) in [4.78, 5) is 15.0. The molecule has 0 fully saturated rings. The van der Waals surface area contributed by atoms with Gasteiger partial charge < -0.3 is 10.4 Å². The molecule has 0 atom stereocenters. The van der Waals surface area contributed by atoms with Crippen LogP contribution in [0.15, 0.2) is 28.7 Å². The molecule has 2 N–H and O–H groups in total. The van der Waals surface area contributed by atoms with Crippen molar-refractivity contribution in [2.45, 2.75) is 13.8 Å². The zero-order chi connectivity index (χ0) is 14.9. The second kappa shape index (κ2) is 5.81. The van der Waals surface area contributed by atoms with Gasteiger partial charge in [-0.1, -0.05) is 27.5 Å². The Morgan fingerprint density at radius 3 is 2.45 bits per heavy atom. The number of anilines is 2. The number of carboxylic acids is 1. The van der Waals surface area contributed by atoms with E-state index in [2.05, 4.69) is 26.2 Å². The molecule has 0 aliphatic heterocycles. The minimum Gasteiger partial charge on any atom is -0.476 e. The summed E-state index contributed by atoms with van der Waals surface area (Å²) < 4.78 is 1.05. The van der Waals surface area contributed by atoms with Crippen molar-refractivity contribution in [2.24, 2.45) is 0 Å². The van der Waals surface area contributed by atoms with Gasteiger partial charge in [-0.05, 0) is 49.2 Å². The maximum Gasteiger partial charge on any atom is 0.356 e. The number of nitrogens with one attached hydrogen (secondary N) is 1. The summed E-state index contributed by atoms with van der Waals surface area (Å²) in [5.41, 5.74) is 2.84. The van der Waals surface area contributed by atoms with Gasteiger partial charge in [0.1, 0.15) is 5.82 Å². The van der Waals surface area contributed by atoms with Crippen molar-refractivity contribution >= 4 is 45.0 Å². The Labute approximate surface area is 129 Å². The van der Waals surface area contributed by atoms with Crippen LogP contribution in [-0.2, 0) is 0 Å². The molecule has 6 heteroatoms. The Balaban J connectivity index is 2.35. The topological polar surface area (TPSA) is 62.2 Å². The van der Waals surface area contributed by atoms with E-state index in [0.717, 1.165) is 21.3 Å². The maximum atomic E-state index is 11.0. The van der Waals surface area contributed by atoms with Crippen LogP contribution < -0.4 is 5.32 Å². The van der Waals surface area contributed by atoms with Gasteiger partial charge in [-0.25, -0.2) is 9.78 Å². The Kier molecular flexibility index (Phi) is 4.30. The molecule has 1 heterocycles. The first-order valence-corrected chi connectivity index (χ1v) is 6.99. The van der Waals surface area contributed by atoms with Crippen molar-refractivity contribution in [2.75, 3.05) is 5.32 Å². The normalized spacial score (nSPS) is 10.4. The number of aromatic carboxylic acids is 1. The highest BCUT2D eigenvalue weighted by atomic mass is 79.9. The van der Waals surface area contributed by atoms with Crippen LogP contribution in [0.25, 0.3) is 0 Å². The van der Waals surface area contributed by atoms with E-state index in [4.69, 9.17) is 16.7 Å². The van der Waals surface area contributed by atoms with Crippen molar-refractivity contribution in [3.8, 4) is 0 Å². The van der Waals surface area contributed by atoms with E-state index < -0.39 is 5.97 Å². The molecular formula is C14H12BrClN2O2. The number of carboxylic acid groups (broad SMARTS) is 1. The van der Waals surface area contributed by atoms with E-state index in [1.807, 2.05) is 26.0 Å². The van der Waals surface area contributed by atoms with Gasteiger partial charge in [0.05, 0.1) is 5.02 Å². The number of hydrogen-bond acceptors (Lipinski definition) is 3. The number of benzene rings is 1. The fraction of sp³-hybridized carbons (Fsp3) is 0.143. The number of nitrogens with zero attached hydrogens (tertiary/aromatic N) is 1. The van der Waals surface area contributed by atoms with Gasteiger partial charge in [-0.15, -0.1) is 0 Å². The summed E-state index contributed by atoms with van der Waals surface area (Å²) in [5.74, 6) is -0.713. The average molecular weight is 356 g/mol. The van der Waals surface area contributed by atoms with Crippen LogP contribution in [-0.4, -0.2) is 16.1 Å². The van der Waals surface area contributed by atoms with Gasteiger partial charge in [0.25, 0.3) is 0 Å². The van der Waals surface area contributed by atoms with Crippen LogP contribution in [0.5, 0.6) is 0 Å². The fourth-order valence-electron chi connectivity index (χ4n) is 1.83. The van der Waals surface area contributed by atoms with E-state index in [9.17, 15) is 4.79 Å². The van der Waals surface area contributed by atoms with Crippen LogP contribution in [0.3, 0.4) is 0 Å². The summed E-state index contributed by atoms with van der Waals surface area (Å²) >= 11 is 9.29. The van der Waals surface area contributed by atoms with E-state index >= 15 is 0 Å². The third-order valence-electron chi connectivity index (χ3n) is 2.76. The van der Waals surface area contributed by atoms with Crippen LogP contribution in [0, 0.1) is 13.8 Å². The van der Waals surface area contributed by atoms with Crippen molar-refractivity contribution in [3.63, 3.8) is 0 Å². The molecule has 0 aliphatic rings. The minimum absolute atomic E-state index is 0.117. The number of aromatic nitrogens is 1. The summed E-state index contributed by atoms with van der Waals surface area (Å²) in [6, 6.07) is 7.06. The number of pyridine rings is 1. The second-order valence-electron chi connectivity index (χ2n) is 4.38. The monoisotopic (exact) mass is 354 g/mol. The maximum absolute atomic E-state index is 11.0. The quantitative estimate of drug-likeness (QED) is 0.847. The lowest BCUT2D eigenvalue weighted by Crippen LogP contribution is -2.04. The SMILES string of the molecule is Cc1cc(Nc2ccc(Cl)c(C(=O)O)n2)cc(C)c1Br. The van der Waals surface area contributed by atoms with Gasteiger partial charge in [-0.3, -0.25) is 0 Å². The molecule has 104 valence electrons. The van der Waals surface area contributed by atoms with Gasteiger partial charge in [-0.2, -0.15) is 0 Å². The first-order chi connectivity index (χ1) is 9.38. The Morgan fingerprint density at radius 2 is 1.90 bits per heavy atom. The van der Waals surface area contributed by atoms with Gasteiger partial charge in [0.2, 0.25) is 0 Å². The molecule has 0 unspecified atom stereocenters. The van der Waals surface area contributed by atoms with E-state index in [-0.39, 0.29) is 10.7 Å². The van der Waals surface area contributed by atoms with Gasteiger partial charge in [0, 0.05) is 10.2 Å². The lowest BCUT2D eigenvalue weighted by Gasteiger charge is -2.10. The number of rotatable bonds is 3. The summed E-state index contributed by atoms with van der Waals surface area (Å²) in [7, 11) is 0. The van der Waals surface area contributed by atoms with Crippen LogP contribution >= 0.6 is 27.5 Å².